The zero-order valence-electron chi connectivity index (χ0n) is 16.5. The maximum Gasteiger partial charge on any atom is 0.243 e. The van der Waals surface area contributed by atoms with Gasteiger partial charge in [0.25, 0.3) is 0 Å². The highest BCUT2D eigenvalue weighted by Gasteiger charge is 2.34. The van der Waals surface area contributed by atoms with Crippen molar-refractivity contribution in [3.63, 3.8) is 0 Å². The average molecular weight is 414 g/mol. The predicted molar refractivity (Wildman–Crippen MR) is 113 cm³/mol. The van der Waals surface area contributed by atoms with E-state index in [0.717, 1.165) is 16.7 Å². The first-order valence-corrected chi connectivity index (χ1v) is 9.87. The van der Waals surface area contributed by atoms with E-state index >= 15 is 0 Å². The molecule has 1 heterocycles. The van der Waals surface area contributed by atoms with Gasteiger partial charge in [-0.2, -0.15) is 0 Å². The van der Waals surface area contributed by atoms with E-state index in [-0.39, 0.29) is 30.7 Å². The molecule has 1 atom stereocenters. The van der Waals surface area contributed by atoms with Gasteiger partial charge in [-0.3, -0.25) is 14.4 Å². The average Bonchev–Trinajstić information content (AvgIpc) is 3.06. The molecule has 0 aliphatic carbocycles. The Morgan fingerprint density at radius 2 is 1.86 bits per heavy atom. The Bertz CT molecular complexity index is 927. The summed E-state index contributed by atoms with van der Waals surface area (Å²) in [5, 5.41) is 5.92. The zero-order valence-corrected chi connectivity index (χ0v) is 17.3. The Balaban J connectivity index is 1.49. The molecule has 2 N–H and O–H groups in total. The fourth-order valence-electron chi connectivity index (χ4n) is 3.26. The zero-order chi connectivity index (χ0) is 21.0. The number of likely N-dealkylation sites (tertiary alicyclic amines) is 1. The Kier molecular flexibility index (Phi) is 6.54. The molecule has 2 aromatic carbocycles. The second kappa shape index (κ2) is 9.09. The number of benzene rings is 2. The van der Waals surface area contributed by atoms with E-state index in [2.05, 4.69) is 10.6 Å². The number of nitrogens with zero attached hydrogens (tertiary/aromatic N) is 1. The minimum atomic E-state index is -0.450. The lowest BCUT2D eigenvalue weighted by Gasteiger charge is -2.17. The van der Waals surface area contributed by atoms with Crippen molar-refractivity contribution in [1.29, 1.82) is 0 Å². The van der Waals surface area contributed by atoms with Crippen molar-refractivity contribution in [3.05, 3.63) is 64.2 Å². The molecule has 29 heavy (non-hydrogen) atoms. The van der Waals surface area contributed by atoms with Crippen LogP contribution in [0, 0.1) is 19.8 Å². The fourth-order valence-corrected chi connectivity index (χ4v) is 3.44. The van der Waals surface area contributed by atoms with E-state index in [1.165, 1.54) is 0 Å². The molecule has 6 nitrogen and oxygen atoms in total. The standard InChI is InChI=1S/C22H24ClN3O3/c1-14-6-8-16(9-7-14)12-26-13-17(10-21(26)28)22(29)24-11-20(27)25-19-5-3-4-18(23)15(19)2/h3-9,17H,10-13H2,1-2H3,(H,24,29)(H,25,27). The van der Waals surface area contributed by atoms with E-state index in [1.54, 1.807) is 23.1 Å². The van der Waals surface area contributed by atoms with Crippen LogP contribution < -0.4 is 10.6 Å². The number of carbonyl (C=O) groups is 3. The Labute approximate surface area is 175 Å². The maximum absolute atomic E-state index is 12.4. The topological polar surface area (TPSA) is 78.5 Å². The van der Waals surface area contributed by atoms with E-state index in [0.29, 0.717) is 23.8 Å². The van der Waals surface area contributed by atoms with Gasteiger partial charge in [-0.15, -0.1) is 0 Å². The lowest BCUT2D eigenvalue weighted by Crippen LogP contribution is -2.37. The van der Waals surface area contributed by atoms with Gasteiger partial charge < -0.3 is 15.5 Å². The molecular weight excluding hydrogens is 390 g/mol. The number of halogens is 1. The molecule has 0 aromatic heterocycles. The lowest BCUT2D eigenvalue weighted by atomic mass is 10.1. The van der Waals surface area contributed by atoms with Crippen LogP contribution >= 0.6 is 11.6 Å². The molecule has 1 fully saturated rings. The number of hydrogen-bond donors (Lipinski definition) is 2. The van der Waals surface area contributed by atoms with Crippen LogP contribution in [-0.4, -0.2) is 35.7 Å². The van der Waals surface area contributed by atoms with Crippen LogP contribution in [0.5, 0.6) is 0 Å². The second-order valence-corrected chi connectivity index (χ2v) is 7.75. The molecule has 152 valence electrons. The predicted octanol–water partition coefficient (Wildman–Crippen LogP) is 3.06. The van der Waals surface area contributed by atoms with Crippen molar-refractivity contribution in [1.82, 2.24) is 10.2 Å². The Morgan fingerprint density at radius 1 is 1.14 bits per heavy atom. The van der Waals surface area contributed by atoms with Crippen LogP contribution in [0.4, 0.5) is 5.69 Å². The molecule has 1 unspecified atom stereocenters. The fraction of sp³-hybridized carbons (Fsp3) is 0.318. The number of carbonyl (C=O) groups excluding carboxylic acids is 3. The first-order valence-electron chi connectivity index (χ1n) is 9.49. The maximum atomic E-state index is 12.4. The van der Waals surface area contributed by atoms with Crippen LogP contribution in [0.15, 0.2) is 42.5 Å². The first-order chi connectivity index (χ1) is 13.8. The molecule has 0 radical (unpaired) electrons. The summed E-state index contributed by atoms with van der Waals surface area (Å²) in [6, 6.07) is 13.2. The molecule has 2 aromatic rings. The van der Waals surface area contributed by atoms with Gasteiger partial charge >= 0.3 is 0 Å². The Hall–Kier alpha value is -2.86. The molecule has 1 saturated heterocycles. The van der Waals surface area contributed by atoms with Crippen molar-refractivity contribution in [3.8, 4) is 0 Å². The van der Waals surface area contributed by atoms with Gasteiger partial charge in [0, 0.05) is 30.2 Å². The smallest absolute Gasteiger partial charge is 0.243 e. The monoisotopic (exact) mass is 413 g/mol. The summed E-state index contributed by atoms with van der Waals surface area (Å²) in [4.78, 5) is 38.5. The highest BCUT2D eigenvalue weighted by atomic mass is 35.5. The van der Waals surface area contributed by atoms with Gasteiger partial charge in [-0.1, -0.05) is 47.5 Å². The largest absolute Gasteiger partial charge is 0.347 e. The number of aryl methyl sites for hydroxylation is 1. The highest BCUT2D eigenvalue weighted by molar-refractivity contribution is 6.31. The highest BCUT2D eigenvalue weighted by Crippen LogP contribution is 2.23. The molecule has 0 saturated carbocycles. The third kappa shape index (κ3) is 5.35. The van der Waals surface area contributed by atoms with Crippen molar-refractivity contribution >= 4 is 35.0 Å². The summed E-state index contributed by atoms with van der Waals surface area (Å²) in [6.45, 7) is 4.50. The summed E-state index contributed by atoms with van der Waals surface area (Å²) in [6.07, 6.45) is 0.159. The van der Waals surface area contributed by atoms with Gasteiger partial charge in [0.15, 0.2) is 0 Å². The summed E-state index contributed by atoms with van der Waals surface area (Å²) in [5.74, 6) is -1.13. The number of anilines is 1. The Morgan fingerprint density at radius 3 is 2.59 bits per heavy atom. The van der Waals surface area contributed by atoms with Crippen LogP contribution in [0.3, 0.4) is 0 Å². The third-order valence-corrected chi connectivity index (χ3v) is 5.45. The quantitative estimate of drug-likeness (QED) is 0.763. The van der Waals surface area contributed by atoms with Gasteiger partial charge in [-0.25, -0.2) is 0 Å². The van der Waals surface area contributed by atoms with Gasteiger partial charge in [-0.05, 0) is 37.1 Å². The number of amides is 3. The van der Waals surface area contributed by atoms with Crippen LogP contribution in [0.1, 0.15) is 23.1 Å². The number of nitrogens with one attached hydrogen (secondary N) is 2. The van der Waals surface area contributed by atoms with E-state index in [9.17, 15) is 14.4 Å². The number of hydrogen-bond acceptors (Lipinski definition) is 3. The summed E-state index contributed by atoms with van der Waals surface area (Å²) in [7, 11) is 0. The SMILES string of the molecule is Cc1ccc(CN2CC(C(=O)NCC(=O)Nc3cccc(Cl)c3C)CC2=O)cc1. The molecule has 1 aliphatic heterocycles. The summed E-state index contributed by atoms with van der Waals surface area (Å²) in [5.41, 5.74) is 3.56. The molecule has 1 aliphatic rings. The van der Waals surface area contributed by atoms with Gasteiger partial charge in [0.2, 0.25) is 17.7 Å². The van der Waals surface area contributed by atoms with E-state index < -0.39 is 5.92 Å². The molecule has 3 rings (SSSR count). The first kappa shape index (κ1) is 20.9. The molecular formula is C22H24ClN3O3. The van der Waals surface area contributed by atoms with E-state index in [1.807, 2.05) is 38.1 Å². The van der Waals surface area contributed by atoms with Crippen LogP contribution in [-0.2, 0) is 20.9 Å². The van der Waals surface area contributed by atoms with Crippen LogP contribution in [0.25, 0.3) is 0 Å². The second-order valence-electron chi connectivity index (χ2n) is 7.34. The van der Waals surface area contributed by atoms with Crippen molar-refractivity contribution < 1.29 is 14.4 Å². The minimum Gasteiger partial charge on any atom is -0.347 e. The van der Waals surface area contributed by atoms with Crippen molar-refractivity contribution in [2.24, 2.45) is 5.92 Å². The molecule has 0 bridgehead atoms. The molecule has 0 spiro atoms. The number of rotatable bonds is 6. The minimum absolute atomic E-state index is 0.0512. The van der Waals surface area contributed by atoms with Gasteiger partial charge in [0.1, 0.15) is 0 Å². The van der Waals surface area contributed by atoms with E-state index in [4.69, 9.17) is 11.6 Å². The lowest BCUT2D eigenvalue weighted by molar-refractivity contribution is -0.129. The van der Waals surface area contributed by atoms with Gasteiger partial charge in [0.05, 0.1) is 12.5 Å². The summed E-state index contributed by atoms with van der Waals surface area (Å²) < 4.78 is 0. The normalized spacial score (nSPS) is 16.0. The molecule has 3 amide bonds. The van der Waals surface area contributed by atoms with Crippen LogP contribution in [0.2, 0.25) is 5.02 Å². The summed E-state index contributed by atoms with van der Waals surface area (Å²) >= 11 is 6.05. The molecule has 7 heteroatoms. The third-order valence-electron chi connectivity index (χ3n) is 5.04. The van der Waals surface area contributed by atoms with Crippen molar-refractivity contribution in [2.75, 3.05) is 18.4 Å². The van der Waals surface area contributed by atoms with Crippen molar-refractivity contribution in [2.45, 2.75) is 26.8 Å².